The Labute approximate surface area is 81.5 Å². The number of aromatic amines is 1. The van der Waals surface area contributed by atoms with Crippen molar-refractivity contribution in [2.24, 2.45) is 5.92 Å². The van der Waals surface area contributed by atoms with Gasteiger partial charge in [-0.05, 0) is 19.8 Å². The molecule has 1 heterocycles. The van der Waals surface area contributed by atoms with E-state index in [0.29, 0.717) is 12.2 Å². The van der Waals surface area contributed by atoms with Gasteiger partial charge in [0.1, 0.15) is 0 Å². The Bertz CT molecular complexity index is 306. The summed E-state index contributed by atoms with van der Waals surface area (Å²) in [6.45, 7) is 1.94. The summed E-state index contributed by atoms with van der Waals surface area (Å²) in [7, 11) is 0. The number of carbonyl (C=O) groups excluding carboxylic acids is 1. The molecule has 0 saturated heterocycles. The van der Waals surface area contributed by atoms with Gasteiger partial charge in [0.2, 0.25) is 5.91 Å². The molecule has 0 radical (unpaired) electrons. The summed E-state index contributed by atoms with van der Waals surface area (Å²) in [5.74, 6) is 1.04. The van der Waals surface area contributed by atoms with Crippen molar-refractivity contribution in [3.63, 3.8) is 0 Å². The van der Waals surface area contributed by atoms with Crippen LogP contribution in [-0.4, -0.2) is 32.6 Å². The van der Waals surface area contributed by atoms with Crippen LogP contribution in [0.2, 0.25) is 0 Å². The fraction of sp³-hybridized carbons (Fsp3) is 0.750. The van der Waals surface area contributed by atoms with Crippen molar-refractivity contribution in [3.8, 4) is 0 Å². The molecule has 0 bridgehead atoms. The molecular weight excluding hydrogens is 182 g/mol. The molecule has 2 N–H and O–H groups in total. The van der Waals surface area contributed by atoms with Gasteiger partial charge in [-0.1, -0.05) is 5.21 Å². The van der Waals surface area contributed by atoms with E-state index in [1.807, 2.05) is 6.92 Å². The van der Waals surface area contributed by atoms with E-state index in [-0.39, 0.29) is 17.9 Å². The predicted molar refractivity (Wildman–Crippen MR) is 48.2 cm³/mol. The lowest BCUT2D eigenvalue weighted by Crippen LogP contribution is -2.35. The summed E-state index contributed by atoms with van der Waals surface area (Å²) in [5.41, 5.74) is 0. The molecule has 14 heavy (non-hydrogen) atoms. The Kier molecular flexibility index (Phi) is 2.43. The first-order chi connectivity index (χ1) is 6.75. The maximum absolute atomic E-state index is 11.4. The number of amides is 1. The van der Waals surface area contributed by atoms with Crippen LogP contribution >= 0.6 is 0 Å². The van der Waals surface area contributed by atoms with Gasteiger partial charge in [-0.15, -0.1) is 10.2 Å². The molecule has 0 spiro atoms. The third-order valence-electron chi connectivity index (χ3n) is 2.21. The lowest BCUT2D eigenvalue weighted by molar-refractivity contribution is -0.122. The van der Waals surface area contributed by atoms with Crippen LogP contribution in [0.25, 0.3) is 0 Å². The lowest BCUT2D eigenvalue weighted by atomic mass is 10.2. The zero-order valence-corrected chi connectivity index (χ0v) is 8.03. The largest absolute Gasteiger partial charge is 0.353 e. The third kappa shape index (κ3) is 2.27. The third-order valence-corrected chi connectivity index (χ3v) is 2.21. The van der Waals surface area contributed by atoms with Crippen LogP contribution in [0, 0.1) is 5.92 Å². The number of tetrazole rings is 1. The van der Waals surface area contributed by atoms with Gasteiger partial charge in [-0.2, -0.15) is 5.21 Å². The number of aromatic nitrogens is 4. The molecule has 0 aliphatic heterocycles. The molecule has 1 aromatic rings. The summed E-state index contributed by atoms with van der Waals surface area (Å²) < 4.78 is 0. The molecule has 1 atom stereocenters. The Morgan fingerprint density at radius 1 is 1.71 bits per heavy atom. The van der Waals surface area contributed by atoms with Crippen molar-refractivity contribution in [2.45, 2.75) is 32.2 Å². The van der Waals surface area contributed by atoms with Crippen molar-refractivity contribution in [2.75, 3.05) is 0 Å². The minimum Gasteiger partial charge on any atom is -0.353 e. The zero-order chi connectivity index (χ0) is 9.97. The topological polar surface area (TPSA) is 83.6 Å². The van der Waals surface area contributed by atoms with E-state index in [9.17, 15) is 4.79 Å². The van der Waals surface area contributed by atoms with Crippen molar-refractivity contribution in [1.29, 1.82) is 0 Å². The first kappa shape index (κ1) is 9.11. The van der Waals surface area contributed by atoms with Crippen LogP contribution in [0.1, 0.15) is 25.6 Å². The molecule has 6 nitrogen and oxygen atoms in total. The fourth-order valence-corrected chi connectivity index (χ4v) is 1.30. The van der Waals surface area contributed by atoms with E-state index in [4.69, 9.17) is 0 Å². The molecule has 1 aliphatic carbocycles. The normalized spacial score (nSPS) is 17.8. The smallest absolute Gasteiger partial charge is 0.223 e. The molecule has 2 rings (SSSR count). The highest BCUT2D eigenvalue weighted by atomic mass is 16.2. The zero-order valence-electron chi connectivity index (χ0n) is 8.03. The van der Waals surface area contributed by atoms with Crippen molar-refractivity contribution >= 4 is 5.91 Å². The second-order valence-electron chi connectivity index (χ2n) is 3.72. The molecule has 1 aromatic heterocycles. The van der Waals surface area contributed by atoms with Gasteiger partial charge in [-0.3, -0.25) is 4.79 Å². The van der Waals surface area contributed by atoms with E-state index in [1.165, 1.54) is 0 Å². The molecule has 1 unspecified atom stereocenters. The van der Waals surface area contributed by atoms with Crippen LogP contribution in [0.5, 0.6) is 0 Å². The minimum absolute atomic E-state index is 0.0701. The van der Waals surface area contributed by atoms with E-state index in [0.717, 1.165) is 12.8 Å². The highest BCUT2D eigenvalue weighted by Gasteiger charge is 2.30. The Morgan fingerprint density at radius 3 is 3.07 bits per heavy atom. The number of nitrogens with zero attached hydrogens (tertiary/aromatic N) is 3. The summed E-state index contributed by atoms with van der Waals surface area (Å²) in [6, 6.07) is 0.0701. The second kappa shape index (κ2) is 3.73. The average Bonchev–Trinajstić information content (AvgIpc) is 2.87. The summed E-state index contributed by atoms with van der Waals surface area (Å²) >= 11 is 0. The Morgan fingerprint density at radius 2 is 2.50 bits per heavy atom. The first-order valence-corrected chi connectivity index (χ1v) is 4.78. The average molecular weight is 195 g/mol. The SMILES string of the molecule is CC(Cc1nn[nH]n1)NC(=O)C1CC1. The van der Waals surface area contributed by atoms with Crippen LogP contribution < -0.4 is 5.32 Å². The van der Waals surface area contributed by atoms with Crippen LogP contribution in [-0.2, 0) is 11.2 Å². The van der Waals surface area contributed by atoms with Crippen molar-refractivity contribution < 1.29 is 4.79 Å². The van der Waals surface area contributed by atoms with Gasteiger partial charge in [0, 0.05) is 18.4 Å². The standard InChI is InChI=1S/C8H13N5O/c1-5(4-7-10-12-13-11-7)9-8(14)6-2-3-6/h5-6H,2-4H2,1H3,(H,9,14)(H,10,11,12,13). The number of H-pyrrole nitrogens is 1. The van der Waals surface area contributed by atoms with Crippen molar-refractivity contribution in [3.05, 3.63) is 5.82 Å². The highest BCUT2D eigenvalue weighted by Crippen LogP contribution is 2.28. The Balaban J connectivity index is 1.78. The van der Waals surface area contributed by atoms with Crippen molar-refractivity contribution in [1.82, 2.24) is 25.9 Å². The van der Waals surface area contributed by atoms with Crippen LogP contribution in [0.4, 0.5) is 0 Å². The number of hydrogen-bond donors (Lipinski definition) is 2. The number of carbonyl (C=O) groups is 1. The van der Waals surface area contributed by atoms with Crippen LogP contribution in [0.3, 0.4) is 0 Å². The molecule has 1 amide bonds. The van der Waals surface area contributed by atoms with Gasteiger partial charge in [-0.25, -0.2) is 0 Å². The molecule has 6 heteroatoms. The maximum atomic E-state index is 11.4. The Hall–Kier alpha value is -1.46. The molecule has 1 aliphatic rings. The monoisotopic (exact) mass is 195 g/mol. The number of rotatable bonds is 4. The molecular formula is C8H13N5O. The van der Waals surface area contributed by atoms with E-state index in [2.05, 4.69) is 25.9 Å². The van der Waals surface area contributed by atoms with Gasteiger partial charge in [0.05, 0.1) is 0 Å². The van der Waals surface area contributed by atoms with E-state index >= 15 is 0 Å². The lowest BCUT2D eigenvalue weighted by Gasteiger charge is -2.10. The van der Waals surface area contributed by atoms with Gasteiger partial charge < -0.3 is 5.32 Å². The second-order valence-corrected chi connectivity index (χ2v) is 3.72. The summed E-state index contributed by atoms with van der Waals surface area (Å²) in [6.07, 6.45) is 2.68. The molecule has 0 aromatic carbocycles. The first-order valence-electron chi connectivity index (χ1n) is 4.78. The number of hydrogen-bond acceptors (Lipinski definition) is 4. The van der Waals surface area contributed by atoms with Gasteiger partial charge in [0.15, 0.2) is 5.82 Å². The quantitative estimate of drug-likeness (QED) is 0.688. The van der Waals surface area contributed by atoms with Crippen LogP contribution in [0.15, 0.2) is 0 Å². The summed E-state index contributed by atoms with van der Waals surface area (Å²) in [5, 5.41) is 16.4. The molecule has 1 fully saturated rings. The van der Waals surface area contributed by atoms with Gasteiger partial charge >= 0.3 is 0 Å². The summed E-state index contributed by atoms with van der Waals surface area (Å²) in [4.78, 5) is 11.4. The predicted octanol–water partition coefficient (Wildman–Crippen LogP) is -0.343. The molecule has 1 saturated carbocycles. The molecule has 76 valence electrons. The van der Waals surface area contributed by atoms with E-state index in [1.54, 1.807) is 0 Å². The minimum atomic E-state index is 0.0701. The number of nitrogens with one attached hydrogen (secondary N) is 2. The highest BCUT2D eigenvalue weighted by molar-refractivity contribution is 5.81. The fourth-order valence-electron chi connectivity index (χ4n) is 1.30. The van der Waals surface area contributed by atoms with Gasteiger partial charge in [0.25, 0.3) is 0 Å². The maximum Gasteiger partial charge on any atom is 0.223 e. The van der Waals surface area contributed by atoms with E-state index < -0.39 is 0 Å².